The third kappa shape index (κ3) is 2.47. The van der Waals surface area contributed by atoms with E-state index in [1.165, 1.54) is 11.8 Å². The van der Waals surface area contributed by atoms with Gasteiger partial charge >= 0.3 is 0 Å². The summed E-state index contributed by atoms with van der Waals surface area (Å²) in [7, 11) is 0. The van der Waals surface area contributed by atoms with Gasteiger partial charge in [0.2, 0.25) is 0 Å². The van der Waals surface area contributed by atoms with Crippen LogP contribution in [0.25, 0.3) is 11.0 Å². The van der Waals surface area contributed by atoms with Crippen LogP contribution >= 0.6 is 11.8 Å². The Hall–Kier alpha value is -1.85. The van der Waals surface area contributed by atoms with Gasteiger partial charge in [-0.15, -0.1) is 0 Å². The van der Waals surface area contributed by atoms with Crippen molar-refractivity contribution in [1.82, 2.24) is 15.0 Å². The number of pyridine rings is 1. The van der Waals surface area contributed by atoms with Crippen molar-refractivity contribution in [2.75, 3.05) is 0 Å². The SMILES string of the molecule is C[C@@H](O)c1cccnc1Sc1nc2ccccc2[nH]1. The summed E-state index contributed by atoms with van der Waals surface area (Å²) in [6.07, 6.45) is 1.18. The van der Waals surface area contributed by atoms with E-state index in [0.717, 1.165) is 26.8 Å². The predicted molar refractivity (Wildman–Crippen MR) is 75.1 cm³/mol. The summed E-state index contributed by atoms with van der Waals surface area (Å²) in [6.45, 7) is 1.74. The Morgan fingerprint density at radius 3 is 2.84 bits per heavy atom. The van der Waals surface area contributed by atoms with Crippen LogP contribution in [0.2, 0.25) is 0 Å². The molecule has 19 heavy (non-hydrogen) atoms. The zero-order valence-electron chi connectivity index (χ0n) is 10.4. The number of imidazole rings is 1. The molecule has 0 radical (unpaired) electrons. The number of benzene rings is 1. The van der Waals surface area contributed by atoms with Crippen molar-refractivity contribution in [3.8, 4) is 0 Å². The molecule has 0 saturated carbocycles. The fourth-order valence-electron chi connectivity index (χ4n) is 1.88. The number of nitrogens with zero attached hydrogens (tertiary/aromatic N) is 2. The predicted octanol–water partition coefficient (Wildman–Crippen LogP) is 3.16. The molecular formula is C14H13N3OS. The molecule has 1 atom stereocenters. The Morgan fingerprint density at radius 2 is 2.05 bits per heavy atom. The van der Waals surface area contributed by atoms with E-state index in [2.05, 4.69) is 15.0 Å². The Morgan fingerprint density at radius 1 is 1.21 bits per heavy atom. The highest BCUT2D eigenvalue weighted by atomic mass is 32.2. The fourth-order valence-corrected chi connectivity index (χ4v) is 2.83. The lowest BCUT2D eigenvalue weighted by atomic mass is 10.2. The number of aromatic nitrogens is 3. The summed E-state index contributed by atoms with van der Waals surface area (Å²) in [5.41, 5.74) is 2.74. The molecule has 4 nitrogen and oxygen atoms in total. The molecule has 0 saturated heterocycles. The summed E-state index contributed by atoms with van der Waals surface area (Å²) >= 11 is 1.43. The number of nitrogens with one attached hydrogen (secondary N) is 1. The molecule has 2 heterocycles. The van der Waals surface area contributed by atoms with Crippen molar-refractivity contribution in [2.45, 2.75) is 23.2 Å². The van der Waals surface area contributed by atoms with Gasteiger partial charge in [0.25, 0.3) is 0 Å². The highest BCUT2D eigenvalue weighted by Gasteiger charge is 2.12. The van der Waals surface area contributed by atoms with E-state index in [1.54, 1.807) is 13.1 Å². The maximum Gasteiger partial charge on any atom is 0.172 e. The molecule has 96 valence electrons. The van der Waals surface area contributed by atoms with Crippen LogP contribution in [0.1, 0.15) is 18.6 Å². The molecule has 1 aromatic carbocycles. The van der Waals surface area contributed by atoms with Gasteiger partial charge in [-0.1, -0.05) is 18.2 Å². The van der Waals surface area contributed by atoms with E-state index in [0.29, 0.717) is 0 Å². The van der Waals surface area contributed by atoms with Gasteiger partial charge in [-0.3, -0.25) is 0 Å². The summed E-state index contributed by atoms with van der Waals surface area (Å²) in [5, 5.41) is 11.3. The number of aliphatic hydroxyl groups excluding tert-OH is 1. The van der Waals surface area contributed by atoms with Gasteiger partial charge in [-0.2, -0.15) is 0 Å². The molecule has 0 bridgehead atoms. The van der Waals surface area contributed by atoms with Crippen LogP contribution in [-0.4, -0.2) is 20.1 Å². The summed E-state index contributed by atoms with van der Waals surface area (Å²) in [4.78, 5) is 12.0. The molecule has 3 rings (SSSR count). The minimum absolute atomic E-state index is 0.541. The first-order valence-electron chi connectivity index (χ1n) is 5.99. The lowest BCUT2D eigenvalue weighted by Gasteiger charge is -2.08. The highest BCUT2D eigenvalue weighted by molar-refractivity contribution is 7.99. The van der Waals surface area contributed by atoms with Gasteiger partial charge in [0, 0.05) is 11.8 Å². The second kappa shape index (κ2) is 5.03. The smallest absolute Gasteiger partial charge is 0.172 e. The minimum Gasteiger partial charge on any atom is -0.389 e. The number of rotatable bonds is 3. The van der Waals surface area contributed by atoms with Crippen molar-refractivity contribution in [2.24, 2.45) is 0 Å². The van der Waals surface area contributed by atoms with Crippen LogP contribution < -0.4 is 0 Å². The number of hydrogen-bond donors (Lipinski definition) is 2. The monoisotopic (exact) mass is 271 g/mol. The average Bonchev–Trinajstić information content (AvgIpc) is 2.81. The van der Waals surface area contributed by atoms with E-state index >= 15 is 0 Å². The van der Waals surface area contributed by atoms with Gasteiger partial charge in [0.05, 0.1) is 17.1 Å². The summed E-state index contributed by atoms with van der Waals surface area (Å²) in [5.74, 6) is 0. The van der Waals surface area contributed by atoms with E-state index in [9.17, 15) is 5.11 Å². The molecule has 2 N–H and O–H groups in total. The highest BCUT2D eigenvalue weighted by Crippen LogP contribution is 2.30. The fraction of sp³-hybridized carbons (Fsp3) is 0.143. The third-order valence-corrected chi connectivity index (χ3v) is 3.73. The first-order valence-corrected chi connectivity index (χ1v) is 6.81. The molecule has 0 amide bonds. The molecular weight excluding hydrogens is 258 g/mol. The normalized spacial score (nSPS) is 12.7. The number of hydrogen-bond acceptors (Lipinski definition) is 4. The second-order valence-corrected chi connectivity index (χ2v) is 5.21. The number of para-hydroxylation sites is 2. The first kappa shape index (κ1) is 12.2. The van der Waals surface area contributed by atoms with Gasteiger partial charge in [0.15, 0.2) is 5.16 Å². The van der Waals surface area contributed by atoms with Gasteiger partial charge in [0.1, 0.15) is 5.03 Å². The van der Waals surface area contributed by atoms with Crippen molar-refractivity contribution in [3.63, 3.8) is 0 Å². The minimum atomic E-state index is -0.541. The van der Waals surface area contributed by atoms with E-state index in [-0.39, 0.29) is 0 Å². The quantitative estimate of drug-likeness (QED) is 0.768. The van der Waals surface area contributed by atoms with Crippen LogP contribution in [0.5, 0.6) is 0 Å². The molecule has 3 aromatic rings. The van der Waals surface area contributed by atoms with Gasteiger partial charge < -0.3 is 10.1 Å². The number of aliphatic hydroxyl groups is 1. The Balaban J connectivity index is 1.97. The summed E-state index contributed by atoms with van der Waals surface area (Å²) < 4.78 is 0. The Kier molecular flexibility index (Phi) is 3.23. The first-order chi connectivity index (χ1) is 9.24. The van der Waals surface area contributed by atoms with Crippen molar-refractivity contribution >= 4 is 22.8 Å². The molecule has 0 spiro atoms. The molecule has 0 unspecified atom stereocenters. The van der Waals surface area contributed by atoms with Crippen molar-refractivity contribution < 1.29 is 5.11 Å². The maximum absolute atomic E-state index is 9.74. The standard InChI is InChI=1S/C14H13N3OS/c1-9(18)10-5-4-8-15-13(10)19-14-16-11-6-2-3-7-12(11)17-14/h2-9,18H,1H3,(H,16,17)/t9-/m1/s1. The number of fused-ring (bicyclic) bond motifs is 1. The van der Waals surface area contributed by atoms with Crippen LogP contribution in [0, 0.1) is 0 Å². The van der Waals surface area contributed by atoms with Crippen molar-refractivity contribution in [3.05, 3.63) is 48.2 Å². The summed E-state index contributed by atoms with van der Waals surface area (Å²) in [6, 6.07) is 11.6. The largest absolute Gasteiger partial charge is 0.389 e. The lowest BCUT2D eigenvalue weighted by Crippen LogP contribution is -1.96. The average molecular weight is 271 g/mol. The second-order valence-electron chi connectivity index (χ2n) is 4.23. The molecule has 5 heteroatoms. The lowest BCUT2D eigenvalue weighted by molar-refractivity contribution is 0.195. The van der Waals surface area contributed by atoms with Crippen LogP contribution in [0.15, 0.2) is 52.8 Å². The van der Waals surface area contributed by atoms with E-state index in [1.807, 2.05) is 36.4 Å². The van der Waals surface area contributed by atoms with Crippen LogP contribution in [0.4, 0.5) is 0 Å². The zero-order valence-corrected chi connectivity index (χ0v) is 11.2. The molecule has 0 aliphatic carbocycles. The number of H-pyrrole nitrogens is 1. The molecule has 0 fully saturated rings. The Bertz CT molecular complexity index is 675. The van der Waals surface area contributed by atoms with E-state index < -0.39 is 6.10 Å². The van der Waals surface area contributed by atoms with Crippen molar-refractivity contribution in [1.29, 1.82) is 0 Å². The van der Waals surface area contributed by atoms with Crippen LogP contribution in [-0.2, 0) is 0 Å². The zero-order chi connectivity index (χ0) is 13.2. The van der Waals surface area contributed by atoms with Crippen LogP contribution in [0.3, 0.4) is 0 Å². The number of aromatic amines is 1. The maximum atomic E-state index is 9.74. The van der Waals surface area contributed by atoms with Gasteiger partial charge in [-0.25, -0.2) is 9.97 Å². The van der Waals surface area contributed by atoms with Gasteiger partial charge in [-0.05, 0) is 36.9 Å². The molecule has 0 aliphatic rings. The third-order valence-electron chi connectivity index (χ3n) is 2.81. The van der Waals surface area contributed by atoms with E-state index in [4.69, 9.17) is 0 Å². The molecule has 2 aromatic heterocycles. The molecule has 0 aliphatic heterocycles. The topological polar surface area (TPSA) is 61.8 Å². The Labute approximate surface area is 114 Å².